The molecule has 0 aromatic carbocycles. The zero-order chi connectivity index (χ0) is 13.8. The van der Waals surface area contributed by atoms with Crippen LogP contribution >= 0.6 is 11.3 Å². The van der Waals surface area contributed by atoms with Gasteiger partial charge in [0.2, 0.25) is 5.91 Å². The van der Waals surface area contributed by atoms with Crippen LogP contribution in [0.4, 0.5) is 0 Å². The van der Waals surface area contributed by atoms with E-state index >= 15 is 0 Å². The van der Waals surface area contributed by atoms with Crippen molar-refractivity contribution in [2.24, 2.45) is 11.6 Å². The lowest BCUT2D eigenvalue weighted by Gasteiger charge is -2.32. The molecule has 2 rings (SSSR count). The second kappa shape index (κ2) is 6.09. The third-order valence-corrected chi connectivity index (χ3v) is 4.07. The lowest BCUT2D eigenvalue weighted by atomic mass is 10.0. The molecule has 1 aromatic rings. The molecule has 0 radical (unpaired) electrons. The lowest BCUT2D eigenvalue weighted by molar-refractivity contribution is -0.124. The second-order valence-corrected chi connectivity index (χ2v) is 5.36. The topological polar surface area (TPSA) is 114 Å². The quantitative estimate of drug-likeness (QED) is 0.395. The molecule has 2 amide bonds. The number of thiazole rings is 1. The number of hydrogen-bond acceptors (Lipinski definition) is 6. The van der Waals surface area contributed by atoms with Gasteiger partial charge in [0, 0.05) is 11.9 Å². The molecule has 5 N–H and O–H groups in total. The van der Waals surface area contributed by atoms with Gasteiger partial charge in [0.15, 0.2) is 5.01 Å². The molecule has 1 aromatic heterocycles. The van der Waals surface area contributed by atoms with Crippen LogP contribution in [-0.2, 0) is 11.3 Å². The van der Waals surface area contributed by atoms with Gasteiger partial charge in [-0.2, -0.15) is 0 Å². The molecular formula is C11H17N5O2S. The molecule has 8 heteroatoms. The highest BCUT2D eigenvalue weighted by atomic mass is 32.1. The summed E-state index contributed by atoms with van der Waals surface area (Å²) in [5.74, 6) is 4.36. The zero-order valence-electron chi connectivity index (χ0n) is 10.5. The molecule has 1 aliphatic rings. The zero-order valence-corrected chi connectivity index (χ0v) is 11.3. The van der Waals surface area contributed by atoms with Gasteiger partial charge in [-0.3, -0.25) is 19.9 Å². The summed E-state index contributed by atoms with van der Waals surface area (Å²) >= 11 is 1.23. The number of hydrogen-bond donors (Lipinski definition) is 3. The first kappa shape index (κ1) is 13.9. The summed E-state index contributed by atoms with van der Waals surface area (Å²) < 4.78 is 0. The molecule has 7 nitrogen and oxygen atoms in total. The van der Waals surface area contributed by atoms with Crippen LogP contribution in [-0.4, -0.2) is 34.3 Å². The first-order valence-corrected chi connectivity index (χ1v) is 6.98. The molecule has 2 heterocycles. The van der Waals surface area contributed by atoms with Gasteiger partial charge in [0.1, 0.15) is 0 Å². The maximum atomic E-state index is 11.4. The van der Waals surface area contributed by atoms with E-state index in [1.165, 1.54) is 11.3 Å². The van der Waals surface area contributed by atoms with Gasteiger partial charge < -0.3 is 5.73 Å². The summed E-state index contributed by atoms with van der Waals surface area (Å²) in [5, 5.41) is 2.13. The van der Waals surface area contributed by atoms with Crippen molar-refractivity contribution in [2.45, 2.75) is 31.8 Å². The average molecular weight is 283 g/mol. The number of hydrazine groups is 1. The smallest absolute Gasteiger partial charge is 0.294 e. The van der Waals surface area contributed by atoms with Gasteiger partial charge in [-0.05, 0) is 19.4 Å². The van der Waals surface area contributed by atoms with Gasteiger partial charge in [-0.15, -0.1) is 11.3 Å². The number of aromatic nitrogens is 1. The molecule has 0 bridgehead atoms. The summed E-state index contributed by atoms with van der Waals surface area (Å²) in [6.45, 7) is 1.35. The normalized spacial score (nSPS) is 20.2. The largest absolute Gasteiger partial charge is 0.368 e. The van der Waals surface area contributed by atoms with E-state index in [0.717, 1.165) is 31.5 Å². The number of carbonyl (C=O) groups excluding carboxylic acids is 2. The number of primary amides is 1. The summed E-state index contributed by atoms with van der Waals surface area (Å²) in [5.41, 5.74) is 8.21. The highest BCUT2D eigenvalue weighted by molar-refractivity contribution is 7.11. The van der Waals surface area contributed by atoms with Gasteiger partial charge in [-0.1, -0.05) is 6.42 Å². The van der Waals surface area contributed by atoms with Gasteiger partial charge >= 0.3 is 0 Å². The van der Waals surface area contributed by atoms with E-state index in [2.05, 4.69) is 4.98 Å². The van der Waals surface area contributed by atoms with Crippen molar-refractivity contribution >= 4 is 23.2 Å². The number of likely N-dealkylation sites (tertiary alicyclic amines) is 1. The number of rotatable bonds is 4. The number of nitrogens with zero attached hydrogens (tertiary/aromatic N) is 2. The van der Waals surface area contributed by atoms with Crippen molar-refractivity contribution in [3.8, 4) is 0 Å². The highest BCUT2D eigenvalue weighted by Gasteiger charge is 2.27. The molecule has 1 fully saturated rings. The number of nitrogen functional groups attached to an aromatic ring is 1. The molecular weight excluding hydrogens is 266 g/mol. The standard InChI is InChI=1S/C11H17N5O2S/c12-9(17)8-3-1-2-4-16(8)5-7-6-19-11(14-7)10(18)15-13/h6,8H,1-5,13H2,(H2,12,17)(H,15,18). The molecule has 1 saturated heterocycles. The Morgan fingerprint density at radius 1 is 1.53 bits per heavy atom. The molecule has 1 unspecified atom stereocenters. The third-order valence-electron chi connectivity index (χ3n) is 3.18. The van der Waals surface area contributed by atoms with Crippen LogP contribution in [0.15, 0.2) is 5.38 Å². The van der Waals surface area contributed by atoms with Gasteiger partial charge in [0.05, 0.1) is 11.7 Å². The Morgan fingerprint density at radius 3 is 3.00 bits per heavy atom. The maximum Gasteiger partial charge on any atom is 0.294 e. The van der Waals surface area contributed by atoms with E-state index in [1.54, 1.807) is 5.38 Å². The van der Waals surface area contributed by atoms with E-state index in [4.69, 9.17) is 11.6 Å². The SMILES string of the molecule is NNC(=O)c1nc(CN2CCCCC2C(N)=O)cs1. The monoisotopic (exact) mass is 283 g/mol. The molecule has 0 spiro atoms. The molecule has 1 atom stereocenters. The summed E-state index contributed by atoms with van der Waals surface area (Å²) in [6.07, 6.45) is 2.85. The van der Waals surface area contributed by atoms with Crippen molar-refractivity contribution < 1.29 is 9.59 Å². The van der Waals surface area contributed by atoms with Crippen LogP contribution in [0.1, 0.15) is 34.8 Å². The predicted octanol–water partition coefficient (Wildman–Crippen LogP) is -0.414. The molecule has 1 aliphatic heterocycles. The van der Waals surface area contributed by atoms with Crippen LogP contribution in [0.3, 0.4) is 0 Å². The van der Waals surface area contributed by atoms with E-state index in [0.29, 0.717) is 11.6 Å². The van der Waals surface area contributed by atoms with Gasteiger partial charge in [0.25, 0.3) is 5.91 Å². The summed E-state index contributed by atoms with van der Waals surface area (Å²) in [7, 11) is 0. The minimum absolute atomic E-state index is 0.234. The van der Waals surface area contributed by atoms with Crippen molar-refractivity contribution in [3.63, 3.8) is 0 Å². The van der Waals surface area contributed by atoms with E-state index in [1.807, 2.05) is 10.3 Å². The molecule has 0 aliphatic carbocycles. The minimum atomic E-state index is -0.402. The van der Waals surface area contributed by atoms with E-state index in [-0.39, 0.29) is 11.9 Å². The molecule has 104 valence electrons. The first-order valence-electron chi connectivity index (χ1n) is 6.10. The fourth-order valence-corrected chi connectivity index (χ4v) is 2.97. The predicted molar refractivity (Wildman–Crippen MR) is 71.0 cm³/mol. The van der Waals surface area contributed by atoms with Crippen LogP contribution in [0.2, 0.25) is 0 Å². The van der Waals surface area contributed by atoms with Crippen molar-refractivity contribution in [1.82, 2.24) is 15.3 Å². The Balaban J connectivity index is 2.04. The fourth-order valence-electron chi connectivity index (χ4n) is 2.26. The number of carbonyl (C=O) groups is 2. The Morgan fingerprint density at radius 2 is 2.32 bits per heavy atom. The molecule has 19 heavy (non-hydrogen) atoms. The number of piperidine rings is 1. The van der Waals surface area contributed by atoms with E-state index in [9.17, 15) is 9.59 Å². The third kappa shape index (κ3) is 3.28. The van der Waals surface area contributed by atoms with Crippen LogP contribution in [0.5, 0.6) is 0 Å². The Bertz CT molecular complexity index is 475. The number of nitrogens with one attached hydrogen (secondary N) is 1. The Hall–Kier alpha value is -1.51. The maximum absolute atomic E-state index is 11.4. The number of nitrogens with two attached hydrogens (primary N) is 2. The van der Waals surface area contributed by atoms with Crippen molar-refractivity contribution in [2.75, 3.05) is 6.54 Å². The van der Waals surface area contributed by atoms with Crippen LogP contribution < -0.4 is 17.0 Å². The average Bonchev–Trinajstić information content (AvgIpc) is 2.86. The number of amides is 2. The Labute approximate surface area is 114 Å². The summed E-state index contributed by atoms with van der Waals surface area (Å²) in [4.78, 5) is 28.9. The highest BCUT2D eigenvalue weighted by Crippen LogP contribution is 2.20. The minimum Gasteiger partial charge on any atom is -0.368 e. The van der Waals surface area contributed by atoms with Crippen LogP contribution in [0.25, 0.3) is 0 Å². The second-order valence-electron chi connectivity index (χ2n) is 4.50. The lowest BCUT2D eigenvalue weighted by Crippen LogP contribution is -2.47. The van der Waals surface area contributed by atoms with Crippen molar-refractivity contribution in [1.29, 1.82) is 0 Å². The van der Waals surface area contributed by atoms with Crippen LogP contribution in [0, 0.1) is 0 Å². The van der Waals surface area contributed by atoms with Gasteiger partial charge in [-0.25, -0.2) is 10.8 Å². The first-order chi connectivity index (χ1) is 9.11. The van der Waals surface area contributed by atoms with Crippen molar-refractivity contribution in [3.05, 3.63) is 16.1 Å². The Kier molecular flexibility index (Phi) is 4.46. The molecule has 0 saturated carbocycles. The van der Waals surface area contributed by atoms with E-state index < -0.39 is 5.91 Å². The fraction of sp³-hybridized carbons (Fsp3) is 0.545. The summed E-state index contributed by atoms with van der Waals surface area (Å²) in [6, 6.07) is -0.234.